The number of aliphatic hydroxyl groups is 1. The zero-order chi connectivity index (χ0) is 13.7. The van der Waals surface area contributed by atoms with Gasteiger partial charge in [0.05, 0.1) is 13.2 Å². The molecule has 1 aliphatic rings. The van der Waals surface area contributed by atoms with E-state index in [2.05, 4.69) is 10.2 Å². The molecule has 1 saturated heterocycles. The Bertz CT molecular complexity index is 397. The van der Waals surface area contributed by atoms with Gasteiger partial charge in [-0.1, -0.05) is 12.1 Å². The molecule has 2 N–H and O–H groups in total. The number of hydrogen-bond acceptors (Lipinski definition) is 4. The van der Waals surface area contributed by atoms with Crippen LogP contribution in [0.1, 0.15) is 18.1 Å². The molecule has 0 saturated carbocycles. The molecular formula is C15H24N2O2. The second-order valence-corrected chi connectivity index (χ2v) is 5.26. The number of hydrogen-bond donors (Lipinski definition) is 2. The SMILES string of the molecule is CNCC1CCN(CC(O)c2cccc(OC)c2)C1. The van der Waals surface area contributed by atoms with E-state index >= 15 is 0 Å². The third kappa shape index (κ3) is 3.93. The first-order valence-corrected chi connectivity index (χ1v) is 6.92. The molecule has 1 aliphatic heterocycles. The Morgan fingerprint density at radius 1 is 1.53 bits per heavy atom. The quantitative estimate of drug-likeness (QED) is 0.812. The molecule has 1 fully saturated rings. The van der Waals surface area contributed by atoms with Crippen molar-refractivity contribution in [1.29, 1.82) is 0 Å². The third-order valence-corrected chi connectivity index (χ3v) is 3.77. The molecule has 2 atom stereocenters. The van der Waals surface area contributed by atoms with Gasteiger partial charge >= 0.3 is 0 Å². The van der Waals surface area contributed by atoms with Crippen LogP contribution in [0.25, 0.3) is 0 Å². The number of nitrogens with one attached hydrogen (secondary N) is 1. The van der Waals surface area contributed by atoms with Crippen LogP contribution < -0.4 is 10.1 Å². The van der Waals surface area contributed by atoms with Crippen molar-refractivity contribution >= 4 is 0 Å². The van der Waals surface area contributed by atoms with Crippen LogP contribution >= 0.6 is 0 Å². The van der Waals surface area contributed by atoms with E-state index in [1.54, 1.807) is 7.11 Å². The third-order valence-electron chi connectivity index (χ3n) is 3.77. The maximum atomic E-state index is 10.3. The minimum atomic E-state index is -0.441. The lowest BCUT2D eigenvalue weighted by molar-refractivity contribution is 0.124. The number of aliphatic hydroxyl groups excluding tert-OH is 1. The van der Waals surface area contributed by atoms with Crippen molar-refractivity contribution in [3.8, 4) is 5.75 Å². The number of likely N-dealkylation sites (tertiary alicyclic amines) is 1. The number of benzene rings is 1. The highest BCUT2D eigenvalue weighted by Crippen LogP contribution is 2.22. The Hall–Kier alpha value is -1.10. The van der Waals surface area contributed by atoms with Crippen LogP contribution in [0.5, 0.6) is 5.75 Å². The van der Waals surface area contributed by atoms with Crippen LogP contribution in [-0.2, 0) is 0 Å². The monoisotopic (exact) mass is 264 g/mol. The Balaban J connectivity index is 1.88. The van der Waals surface area contributed by atoms with Gasteiger partial charge in [-0.3, -0.25) is 0 Å². The molecular weight excluding hydrogens is 240 g/mol. The Morgan fingerprint density at radius 3 is 3.11 bits per heavy atom. The molecule has 19 heavy (non-hydrogen) atoms. The van der Waals surface area contributed by atoms with E-state index in [4.69, 9.17) is 4.74 Å². The molecule has 4 nitrogen and oxygen atoms in total. The molecule has 4 heteroatoms. The molecule has 0 aromatic heterocycles. The minimum absolute atomic E-state index is 0.441. The van der Waals surface area contributed by atoms with Gasteiger partial charge in [-0.25, -0.2) is 0 Å². The van der Waals surface area contributed by atoms with Gasteiger partial charge in [0, 0.05) is 13.1 Å². The number of methoxy groups -OCH3 is 1. The number of nitrogens with zero attached hydrogens (tertiary/aromatic N) is 1. The lowest BCUT2D eigenvalue weighted by atomic mass is 10.1. The summed E-state index contributed by atoms with van der Waals surface area (Å²) < 4.78 is 5.19. The van der Waals surface area contributed by atoms with Gasteiger partial charge < -0.3 is 20.1 Å². The molecule has 0 aliphatic carbocycles. The Kier molecular flexibility index (Phi) is 5.19. The maximum Gasteiger partial charge on any atom is 0.119 e. The topological polar surface area (TPSA) is 44.7 Å². The second-order valence-electron chi connectivity index (χ2n) is 5.26. The Labute approximate surface area is 115 Å². The summed E-state index contributed by atoms with van der Waals surface area (Å²) in [6, 6.07) is 7.68. The summed E-state index contributed by atoms with van der Waals surface area (Å²) in [6.07, 6.45) is 0.773. The standard InChI is InChI=1S/C15H24N2O2/c1-16-9-12-6-7-17(10-12)11-15(18)13-4-3-5-14(8-13)19-2/h3-5,8,12,15-16,18H,6-7,9-11H2,1-2H3. The van der Waals surface area contributed by atoms with Crippen LogP contribution in [0.3, 0.4) is 0 Å². The maximum absolute atomic E-state index is 10.3. The highest BCUT2D eigenvalue weighted by atomic mass is 16.5. The number of ether oxygens (including phenoxy) is 1. The second kappa shape index (κ2) is 6.89. The van der Waals surface area contributed by atoms with Gasteiger partial charge in [0.25, 0.3) is 0 Å². The first-order chi connectivity index (χ1) is 9.22. The predicted molar refractivity (Wildman–Crippen MR) is 76.4 cm³/mol. The summed E-state index contributed by atoms with van der Waals surface area (Å²) in [5, 5.41) is 13.5. The van der Waals surface area contributed by atoms with E-state index in [9.17, 15) is 5.11 Å². The highest BCUT2D eigenvalue weighted by Gasteiger charge is 2.24. The molecule has 1 aromatic rings. The van der Waals surface area contributed by atoms with Crippen LogP contribution in [0.4, 0.5) is 0 Å². The Morgan fingerprint density at radius 2 is 2.37 bits per heavy atom. The van der Waals surface area contributed by atoms with Crippen molar-refractivity contribution in [2.75, 3.05) is 40.3 Å². The summed E-state index contributed by atoms with van der Waals surface area (Å²) in [4.78, 5) is 2.34. The predicted octanol–water partition coefficient (Wildman–Crippen LogP) is 1.27. The van der Waals surface area contributed by atoms with Gasteiger partial charge in [-0.05, 0) is 50.2 Å². The van der Waals surface area contributed by atoms with E-state index in [1.165, 1.54) is 6.42 Å². The number of β-amino-alcohol motifs (C(OH)–C–C–N with tert-alkyl or cyclic N) is 1. The average Bonchev–Trinajstić information content (AvgIpc) is 2.86. The summed E-state index contributed by atoms with van der Waals surface area (Å²) in [6.45, 7) is 3.91. The highest BCUT2D eigenvalue weighted by molar-refractivity contribution is 5.29. The van der Waals surface area contributed by atoms with E-state index in [-0.39, 0.29) is 0 Å². The number of rotatable bonds is 6. The van der Waals surface area contributed by atoms with Crippen LogP contribution in [-0.4, -0.2) is 50.3 Å². The lowest BCUT2D eigenvalue weighted by Gasteiger charge is -2.20. The van der Waals surface area contributed by atoms with Gasteiger partial charge in [0.2, 0.25) is 0 Å². The normalized spacial score (nSPS) is 21.5. The summed E-state index contributed by atoms with van der Waals surface area (Å²) in [5.41, 5.74) is 0.927. The molecule has 2 rings (SSSR count). The van der Waals surface area contributed by atoms with Gasteiger partial charge in [-0.15, -0.1) is 0 Å². The summed E-state index contributed by atoms with van der Waals surface area (Å²) >= 11 is 0. The van der Waals surface area contributed by atoms with Crippen LogP contribution in [0, 0.1) is 5.92 Å². The van der Waals surface area contributed by atoms with Crippen molar-refractivity contribution in [3.63, 3.8) is 0 Å². The fourth-order valence-electron chi connectivity index (χ4n) is 2.73. The largest absolute Gasteiger partial charge is 0.497 e. The lowest BCUT2D eigenvalue weighted by Crippen LogP contribution is -2.28. The summed E-state index contributed by atoms with van der Waals surface area (Å²) in [7, 11) is 3.64. The molecule has 1 heterocycles. The first kappa shape index (κ1) is 14.3. The van der Waals surface area contributed by atoms with Crippen LogP contribution in [0.2, 0.25) is 0 Å². The smallest absolute Gasteiger partial charge is 0.119 e. The fraction of sp³-hybridized carbons (Fsp3) is 0.600. The average molecular weight is 264 g/mol. The fourth-order valence-corrected chi connectivity index (χ4v) is 2.73. The molecule has 0 spiro atoms. The zero-order valence-corrected chi connectivity index (χ0v) is 11.8. The first-order valence-electron chi connectivity index (χ1n) is 6.92. The van der Waals surface area contributed by atoms with E-state index in [1.807, 2.05) is 31.3 Å². The van der Waals surface area contributed by atoms with Gasteiger partial charge in [0.1, 0.15) is 5.75 Å². The van der Waals surface area contributed by atoms with Crippen molar-refractivity contribution < 1.29 is 9.84 Å². The van der Waals surface area contributed by atoms with E-state index in [0.29, 0.717) is 12.5 Å². The van der Waals surface area contributed by atoms with Crippen molar-refractivity contribution in [2.24, 2.45) is 5.92 Å². The van der Waals surface area contributed by atoms with E-state index < -0.39 is 6.10 Å². The van der Waals surface area contributed by atoms with E-state index in [0.717, 1.165) is 30.9 Å². The van der Waals surface area contributed by atoms with Gasteiger partial charge in [0.15, 0.2) is 0 Å². The summed E-state index contributed by atoms with van der Waals surface area (Å²) in [5.74, 6) is 1.51. The van der Waals surface area contributed by atoms with Crippen molar-refractivity contribution in [3.05, 3.63) is 29.8 Å². The van der Waals surface area contributed by atoms with Crippen molar-refractivity contribution in [2.45, 2.75) is 12.5 Å². The van der Waals surface area contributed by atoms with Gasteiger partial charge in [-0.2, -0.15) is 0 Å². The van der Waals surface area contributed by atoms with Crippen molar-refractivity contribution in [1.82, 2.24) is 10.2 Å². The van der Waals surface area contributed by atoms with Crippen LogP contribution in [0.15, 0.2) is 24.3 Å². The molecule has 1 aromatic carbocycles. The molecule has 2 unspecified atom stereocenters. The zero-order valence-electron chi connectivity index (χ0n) is 11.8. The molecule has 0 radical (unpaired) electrons. The molecule has 0 amide bonds. The molecule has 106 valence electrons. The minimum Gasteiger partial charge on any atom is -0.497 e. The molecule has 0 bridgehead atoms.